The molecule has 1 fully saturated rings. The van der Waals surface area contributed by atoms with Gasteiger partial charge in [-0.2, -0.15) is 0 Å². The van der Waals surface area contributed by atoms with Gasteiger partial charge in [-0.1, -0.05) is 53.8 Å². The average molecular weight is 414 g/mol. The van der Waals surface area contributed by atoms with Crippen molar-refractivity contribution in [2.24, 2.45) is 0 Å². The summed E-state index contributed by atoms with van der Waals surface area (Å²) in [5, 5.41) is 0. The molecule has 6 heteroatoms. The van der Waals surface area contributed by atoms with Gasteiger partial charge in [-0.15, -0.1) is 0 Å². The zero-order valence-corrected chi connectivity index (χ0v) is 17.9. The van der Waals surface area contributed by atoms with E-state index in [4.69, 9.17) is 21.7 Å². The van der Waals surface area contributed by atoms with Gasteiger partial charge < -0.3 is 9.47 Å². The summed E-state index contributed by atoms with van der Waals surface area (Å²) in [7, 11) is 0. The first kappa shape index (κ1) is 20.4. The lowest BCUT2D eigenvalue weighted by molar-refractivity contribution is -0.121. The van der Waals surface area contributed by atoms with E-state index in [9.17, 15) is 4.79 Å². The van der Waals surface area contributed by atoms with Crippen LogP contribution >= 0.6 is 24.0 Å². The molecule has 0 aliphatic carbocycles. The molecule has 0 bridgehead atoms. The number of amides is 1. The van der Waals surface area contributed by atoms with Crippen molar-refractivity contribution in [3.05, 3.63) is 64.1 Å². The molecule has 2 aromatic rings. The van der Waals surface area contributed by atoms with Crippen molar-refractivity contribution in [1.82, 2.24) is 4.90 Å². The molecule has 1 heterocycles. The number of hydrogen-bond donors (Lipinski definition) is 0. The first-order chi connectivity index (χ1) is 13.5. The molecule has 1 aliphatic rings. The number of ether oxygens (including phenoxy) is 2. The van der Waals surface area contributed by atoms with Crippen molar-refractivity contribution in [2.45, 2.75) is 20.8 Å². The van der Waals surface area contributed by atoms with Crippen molar-refractivity contribution in [3.63, 3.8) is 0 Å². The molecule has 0 radical (unpaired) electrons. The zero-order chi connectivity index (χ0) is 20.1. The molecule has 0 aromatic heterocycles. The number of carbonyl (C=O) groups excluding carboxylic acids is 1. The number of nitrogens with zero attached hydrogens (tertiary/aromatic N) is 1. The lowest BCUT2D eigenvalue weighted by Crippen LogP contribution is -2.27. The van der Waals surface area contributed by atoms with Gasteiger partial charge in [0, 0.05) is 6.54 Å². The van der Waals surface area contributed by atoms with Gasteiger partial charge in [-0.25, -0.2) is 0 Å². The average Bonchev–Trinajstić information content (AvgIpc) is 2.93. The van der Waals surface area contributed by atoms with Crippen LogP contribution in [-0.4, -0.2) is 34.9 Å². The third-order valence-corrected chi connectivity index (χ3v) is 5.66. The van der Waals surface area contributed by atoms with Gasteiger partial charge in [0.2, 0.25) is 0 Å². The third-order valence-electron chi connectivity index (χ3n) is 4.29. The molecule has 0 spiro atoms. The number of benzene rings is 2. The highest BCUT2D eigenvalue weighted by Crippen LogP contribution is 2.32. The summed E-state index contributed by atoms with van der Waals surface area (Å²) in [6.07, 6.45) is 1.86. The summed E-state index contributed by atoms with van der Waals surface area (Å²) in [6, 6.07) is 13.8. The summed E-state index contributed by atoms with van der Waals surface area (Å²) >= 11 is 6.59. The maximum atomic E-state index is 12.3. The number of thiocarbonyl (C=S) groups is 1. The van der Waals surface area contributed by atoms with Crippen molar-refractivity contribution < 1.29 is 14.3 Å². The van der Waals surface area contributed by atoms with Crippen LogP contribution in [0, 0.1) is 13.8 Å². The van der Waals surface area contributed by atoms with Gasteiger partial charge in [0.15, 0.2) is 0 Å². The molecular formula is C22H23NO3S2. The molecule has 28 heavy (non-hydrogen) atoms. The lowest BCUT2D eigenvalue weighted by Gasteiger charge is -2.11. The summed E-state index contributed by atoms with van der Waals surface area (Å²) in [4.78, 5) is 14.6. The SMILES string of the molecule is CCN1C(=O)C(=Cc2cccc(OCCOc3ccc(C)cc3C)c2)SC1=S. The molecule has 0 N–H and O–H groups in total. The smallest absolute Gasteiger partial charge is 0.266 e. The molecule has 0 atom stereocenters. The molecule has 0 saturated carbocycles. The standard InChI is InChI=1S/C22H23NO3S2/c1-4-23-21(24)20(28-22(23)27)14-17-6-5-7-18(13-17)25-10-11-26-19-9-8-15(2)12-16(19)3/h5-9,12-14H,4,10-11H2,1-3H3. The molecule has 1 saturated heterocycles. The van der Waals surface area contributed by atoms with Gasteiger partial charge >= 0.3 is 0 Å². The van der Waals surface area contributed by atoms with Gasteiger partial charge in [0.05, 0.1) is 4.91 Å². The van der Waals surface area contributed by atoms with Gasteiger partial charge in [0.25, 0.3) is 5.91 Å². The van der Waals surface area contributed by atoms with Crippen LogP contribution in [0.15, 0.2) is 47.4 Å². The highest BCUT2D eigenvalue weighted by Gasteiger charge is 2.30. The van der Waals surface area contributed by atoms with Crippen LogP contribution < -0.4 is 9.47 Å². The fourth-order valence-electron chi connectivity index (χ4n) is 2.89. The Morgan fingerprint density at radius 3 is 2.61 bits per heavy atom. The largest absolute Gasteiger partial charge is 0.490 e. The lowest BCUT2D eigenvalue weighted by atomic mass is 10.1. The van der Waals surface area contributed by atoms with Crippen molar-refractivity contribution in [2.75, 3.05) is 19.8 Å². The summed E-state index contributed by atoms with van der Waals surface area (Å²) in [5.74, 6) is 1.58. The number of aryl methyl sites for hydroxylation is 2. The van der Waals surface area contributed by atoms with E-state index < -0.39 is 0 Å². The number of hydrogen-bond acceptors (Lipinski definition) is 5. The molecule has 3 rings (SSSR count). The van der Waals surface area contributed by atoms with E-state index in [0.29, 0.717) is 29.0 Å². The topological polar surface area (TPSA) is 38.8 Å². The van der Waals surface area contributed by atoms with Gasteiger partial charge in [-0.3, -0.25) is 9.69 Å². The first-order valence-corrected chi connectivity index (χ1v) is 10.4. The number of rotatable bonds is 7. The van der Waals surface area contributed by atoms with E-state index in [1.54, 1.807) is 4.90 Å². The Kier molecular flexibility index (Phi) is 6.75. The Labute approximate surface area is 175 Å². The van der Waals surface area contributed by atoms with Crippen LogP contribution in [0.25, 0.3) is 6.08 Å². The van der Waals surface area contributed by atoms with Crippen LogP contribution in [-0.2, 0) is 4.79 Å². The minimum atomic E-state index is -0.0364. The fraction of sp³-hybridized carbons (Fsp3) is 0.273. The van der Waals surface area contributed by atoms with Crippen molar-refractivity contribution in [3.8, 4) is 11.5 Å². The molecule has 0 unspecified atom stereocenters. The Hall–Kier alpha value is -2.31. The van der Waals surface area contributed by atoms with Crippen LogP contribution in [0.5, 0.6) is 11.5 Å². The van der Waals surface area contributed by atoms with E-state index >= 15 is 0 Å². The Balaban J connectivity index is 1.57. The molecule has 1 aliphatic heterocycles. The van der Waals surface area contributed by atoms with Gasteiger partial charge in [0.1, 0.15) is 29.0 Å². The predicted octanol–water partition coefficient (Wildman–Crippen LogP) is 4.98. The molecular weight excluding hydrogens is 390 g/mol. The van der Waals surface area contributed by atoms with Crippen molar-refractivity contribution >= 4 is 40.3 Å². The van der Waals surface area contributed by atoms with Crippen molar-refractivity contribution in [1.29, 1.82) is 0 Å². The van der Waals surface area contributed by atoms with E-state index in [0.717, 1.165) is 22.6 Å². The molecule has 4 nitrogen and oxygen atoms in total. The maximum absolute atomic E-state index is 12.3. The van der Waals surface area contributed by atoms with Crippen LogP contribution in [0.3, 0.4) is 0 Å². The normalized spacial score (nSPS) is 15.4. The van der Waals surface area contributed by atoms with E-state index in [1.165, 1.54) is 17.3 Å². The minimum absolute atomic E-state index is 0.0364. The number of carbonyl (C=O) groups is 1. The number of thioether (sulfide) groups is 1. The second-order valence-corrected chi connectivity index (χ2v) is 8.14. The van der Waals surface area contributed by atoms with Gasteiger partial charge in [-0.05, 0) is 56.2 Å². The Morgan fingerprint density at radius 1 is 1.11 bits per heavy atom. The van der Waals surface area contributed by atoms with E-state index in [1.807, 2.05) is 56.3 Å². The number of likely N-dealkylation sites (N-methyl/N-ethyl adjacent to an activating group) is 1. The highest BCUT2D eigenvalue weighted by molar-refractivity contribution is 8.26. The highest BCUT2D eigenvalue weighted by atomic mass is 32.2. The molecule has 146 valence electrons. The summed E-state index contributed by atoms with van der Waals surface area (Å²) in [5.41, 5.74) is 3.24. The third kappa shape index (κ3) is 4.94. The second kappa shape index (κ2) is 9.26. The predicted molar refractivity (Wildman–Crippen MR) is 119 cm³/mol. The minimum Gasteiger partial charge on any atom is -0.490 e. The molecule has 1 amide bonds. The zero-order valence-electron chi connectivity index (χ0n) is 16.2. The summed E-state index contributed by atoms with van der Waals surface area (Å²) < 4.78 is 12.2. The van der Waals surface area contributed by atoms with Crippen LogP contribution in [0.1, 0.15) is 23.6 Å². The van der Waals surface area contributed by atoms with Crippen LogP contribution in [0.4, 0.5) is 0 Å². The summed E-state index contributed by atoms with van der Waals surface area (Å²) in [6.45, 7) is 7.51. The Bertz CT molecular complexity index is 924. The first-order valence-electron chi connectivity index (χ1n) is 9.16. The second-order valence-electron chi connectivity index (χ2n) is 6.46. The fourth-order valence-corrected chi connectivity index (χ4v) is 4.27. The quantitative estimate of drug-likeness (QED) is 0.364. The van der Waals surface area contributed by atoms with E-state index in [2.05, 4.69) is 13.0 Å². The monoisotopic (exact) mass is 413 g/mol. The Morgan fingerprint density at radius 2 is 1.89 bits per heavy atom. The molecule has 2 aromatic carbocycles. The van der Waals surface area contributed by atoms with E-state index in [-0.39, 0.29) is 5.91 Å². The van der Waals surface area contributed by atoms with Crippen LogP contribution in [0.2, 0.25) is 0 Å². The maximum Gasteiger partial charge on any atom is 0.266 e.